The number of rotatable bonds is 29. The highest BCUT2D eigenvalue weighted by molar-refractivity contribution is 7.14. The number of carboxylic acid groups (broad SMARTS) is 3. The molecule has 25 heteroatoms. The summed E-state index contributed by atoms with van der Waals surface area (Å²) in [4.78, 5) is 137. The third-order valence-electron chi connectivity index (χ3n) is 31.5. The Kier molecular flexibility index (Phi) is 35.0. The van der Waals surface area contributed by atoms with Crippen LogP contribution in [0.1, 0.15) is 327 Å². The number of thiophene rings is 3. The van der Waals surface area contributed by atoms with Crippen molar-refractivity contribution >= 4 is 92.6 Å². The first kappa shape index (κ1) is 105. The summed E-state index contributed by atoms with van der Waals surface area (Å²) in [5.41, 5.74) is 11.2. The molecule has 8 aliphatic rings. The van der Waals surface area contributed by atoms with Gasteiger partial charge in [-0.3, -0.25) is 33.6 Å². The maximum absolute atomic E-state index is 13.5. The summed E-state index contributed by atoms with van der Waals surface area (Å²) in [6.45, 7) is 26.5. The zero-order valence-corrected chi connectivity index (χ0v) is 87.2. The number of carbonyl (C=O) groups excluding carboxylic acids is 5. The summed E-state index contributed by atoms with van der Waals surface area (Å²) in [5, 5.41) is 37.0. The number of allylic oxidation sites excluding steroid dienone is 4. The SMILES string of the molecule is CC1CCC(C2CC=C(c3cnc(-c4ccc(C[C@H](NC(=O)c5ccc(C(C)(C)C)s5)C(=O)O)cc4)nc3)CC2)CC1.CCC1CCC(C2CCC(c3cnc(-c4ccc(C[C@H](NC(=O)c5ccc(C(C)(C)C)s5)C(=O)N5CC(C(=O)O)C5)cc4)nc3)CC2)CC1.CCCC1CCC(C2CC=C(c3cnc(-c4ccc(C[C@@H](NC(=O)c5ccc(C(C)(C)C)s5)C(=O)N5CC(C(=O)O)C5)cc4)nc3)CC2)CC1. The van der Waals surface area contributed by atoms with Crippen LogP contribution in [0.15, 0.2) is 159 Å². The Morgan fingerprint density at radius 1 is 0.376 bits per heavy atom. The molecule has 6 aliphatic carbocycles. The van der Waals surface area contributed by atoms with Gasteiger partial charge in [0.15, 0.2) is 17.5 Å². The number of likely N-dealkylation sites (tertiary alicyclic amines) is 2. The van der Waals surface area contributed by atoms with E-state index in [0.29, 0.717) is 44.4 Å². The van der Waals surface area contributed by atoms with E-state index >= 15 is 0 Å². The summed E-state index contributed by atoms with van der Waals surface area (Å²) >= 11 is 4.25. The van der Waals surface area contributed by atoms with E-state index in [0.717, 1.165) is 132 Å². The molecule has 2 unspecified atom stereocenters. The molecule has 0 radical (unpaired) electrons. The average molecular weight is 1970 g/mol. The van der Waals surface area contributed by atoms with Gasteiger partial charge in [0.2, 0.25) is 11.8 Å². The zero-order chi connectivity index (χ0) is 100.0. The van der Waals surface area contributed by atoms with Crippen LogP contribution in [0.25, 0.3) is 45.3 Å². The van der Waals surface area contributed by atoms with Crippen LogP contribution in [0.2, 0.25) is 0 Å². The van der Waals surface area contributed by atoms with E-state index in [1.807, 2.05) is 128 Å². The summed E-state index contributed by atoms with van der Waals surface area (Å²) in [6, 6.07) is 31.8. The van der Waals surface area contributed by atoms with E-state index in [1.165, 1.54) is 202 Å². The molecule has 17 rings (SSSR count). The predicted octanol–water partition coefficient (Wildman–Crippen LogP) is 24.0. The number of nitrogens with zero attached hydrogens (tertiary/aromatic N) is 8. The van der Waals surface area contributed by atoms with E-state index in [-0.39, 0.29) is 84.8 Å². The maximum atomic E-state index is 13.5. The Bertz CT molecular complexity index is 5800. The molecule has 6 aromatic heterocycles. The minimum atomic E-state index is -1.06. The van der Waals surface area contributed by atoms with Crippen LogP contribution in [0.3, 0.4) is 0 Å². The first-order valence-electron chi connectivity index (χ1n) is 52.2. The van der Waals surface area contributed by atoms with Crippen LogP contribution < -0.4 is 16.0 Å². The molecule has 4 saturated carbocycles. The predicted molar refractivity (Wildman–Crippen MR) is 562 cm³/mol. The zero-order valence-electron chi connectivity index (χ0n) is 84.7. The van der Waals surface area contributed by atoms with E-state index in [4.69, 9.17) is 19.9 Å². The third kappa shape index (κ3) is 27.6. The average Bonchev–Trinajstić information content (AvgIpc) is 1.68. The molecule has 5 atom stereocenters. The van der Waals surface area contributed by atoms with Gasteiger partial charge in [-0.1, -0.05) is 226 Å². The molecule has 0 spiro atoms. The van der Waals surface area contributed by atoms with E-state index in [2.05, 4.69) is 121 Å². The standard InChI is InChI=1S/C41H52N4O4S.C40H52N4O4S.C35H43N3O3S/c1-5-6-26-7-11-28(12-8-26)29-15-17-30(18-16-29)32-22-42-37(43-23-32)31-13-9-27(10-14-31)21-34(39(47)45-24-33(25-45)40(48)49)44-38(46)35-19-20-36(50-35)41(2,3)4;1-5-25-6-10-27(11-7-25)28-14-16-29(17-15-28)31-21-41-36(42-22-31)30-12-8-26(9-13-30)20-33(38(46)44-23-32(24-44)39(47)48)43-37(45)34-18-19-35(49-34)40(2,3)4;1-22-5-9-24(10-6-22)25-13-15-26(16-14-25)28-20-36-32(37-21-28)27-11-7-23(8-12-27)19-29(34(40)41)38-33(39)30-17-18-31(42-30)35(2,3)4/h9-10,13-14,17,19-20,22-23,26,28-29,33-34H,5-8,11-12,15-16,18,21,24-25H2,1-4H3,(H,44,46)(H,48,49);8-9,12-13,18-19,21-22,25,27-29,32-33H,5-7,10-11,14-17,20,23-24H2,1-4H3,(H,43,45)(H,47,48);7-8,11-12,15,17-18,20-22,24-25,29H,5-6,9-10,13-14,16,19H2,1-4H3,(H,38,39)(H,40,41)/t26?,28?,29?,34-;25?,27?,28?,29?,33-;22?,24?,25?,29-/m100/s1. The fraction of sp³-hybridized carbons (Fsp3) is 0.534. The summed E-state index contributed by atoms with van der Waals surface area (Å²) in [7, 11) is 0. The van der Waals surface area contributed by atoms with Gasteiger partial charge >= 0.3 is 17.9 Å². The quantitative estimate of drug-likeness (QED) is 0.0254. The highest BCUT2D eigenvalue weighted by Crippen LogP contribution is 2.48. The van der Waals surface area contributed by atoms with Gasteiger partial charge in [-0.05, 0) is 248 Å². The number of benzene rings is 3. The van der Waals surface area contributed by atoms with Crippen LogP contribution in [-0.4, -0.2) is 147 Å². The second kappa shape index (κ2) is 47.2. The molecule has 3 aromatic carbocycles. The molecule has 8 heterocycles. The van der Waals surface area contributed by atoms with Gasteiger partial charge in [0, 0.05) is 125 Å². The molecule has 6 N–H and O–H groups in total. The van der Waals surface area contributed by atoms with Gasteiger partial charge in [0.25, 0.3) is 17.7 Å². The number of aliphatic carboxylic acids is 3. The molecule has 22 nitrogen and oxygen atoms in total. The molecular weight excluding hydrogens is 1820 g/mol. The van der Waals surface area contributed by atoms with Gasteiger partial charge in [-0.15, -0.1) is 34.0 Å². The highest BCUT2D eigenvalue weighted by Gasteiger charge is 2.43. The number of carboxylic acids is 3. The fourth-order valence-electron chi connectivity index (χ4n) is 22.2. The Hall–Kier alpha value is -10.8. The Morgan fingerprint density at radius 2 is 0.695 bits per heavy atom. The first-order chi connectivity index (χ1) is 67.5. The van der Waals surface area contributed by atoms with Gasteiger partial charge in [0.05, 0.1) is 26.5 Å². The molecular formula is C116H147N11O11S3. The Morgan fingerprint density at radius 3 is 1.01 bits per heavy atom. The minimum Gasteiger partial charge on any atom is -0.481 e. The molecule has 9 aromatic rings. The van der Waals surface area contributed by atoms with Crippen molar-refractivity contribution in [2.24, 2.45) is 65.1 Å². The van der Waals surface area contributed by atoms with Crippen LogP contribution in [0, 0.1) is 65.1 Å². The summed E-state index contributed by atoms with van der Waals surface area (Å²) in [5.74, 6) is 5.03. The lowest BCUT2D eigenvalue weighted by molar-refractivity contribution is -0.155. The van der Waals surface area contributed by atoms with Crippen molar-refractivity contribution < 1.29 is 53.7 Å². The number of hydrogen-bond acceptors (Lipinski definition) is 17. The monoisotopic (exact) mass is 1970 g/mol. The molecule has 141 heavy (non-hydrogen) atoms. The topological polar surface area (TPSA) is 317 Å². The van der Waals surface area contributed by atoms with Crippen molar-refractivity contribution in [2.45, 2.75) is 303 Å². The van der Waals surface area contributed by atoms with Gasteiger partial charge in [-0.25, -0.2) is 34.7 Å². The van der Waals surface area contributed by atoms with Gasteiger partial charge in [-0.2, -0.15) is 0 Å². The first-order valence-corrected chi connectivity index (χ1v) is 54.6. The number of hydrogen-bond donors (Lipinski definition) is 6. The molecule has 2 aliphatic heterocycles. The second-order valence-corrected chi connectivity index (χ2v) is 48.0. The number of carbonyl (C=O) groups is 8. The smallest absolute Gasteiger partial charge is 0.326 e. The largest absolute Gasteiger partial charge is 0.481 e. The number of nitrogens with one attached hydrogen (secondary N) is 3. The summed E-state index contributed by atoms with van der Waals surface area (Å²) in [6.07, 6.45) is 50.4. The molecule has 2 saturated heterocycles. The van der Waals surface area contributed by atoms with Gasteiger partial charge in [0.1, 0.15) is 18.1 Å². The minimum absolute atomic E-state index is 0.0643. The molecule has 6 fully saturated rings. The lowest BCUT2D eigenvalue weighted by Gasteiger charge is -2.38. The second-order valence-electron chi connectivity index (χ2n) is 44.8. The van der Waals surface area contributed by atoms with E-state index < -0.39 is 47.9 Å². The van der Waals surface area contributed by atoms with E-state index in [9.17, 15) is 53.7 Å². The van der Waals surface area contributed by atoms with E-state index in [1.54, 1.807) is 18.2 Å². The summed E-state index contributed by atoms with van der Waals surface area (Å²) < 4.78 is 0. The lowest BCUT2D eigenvalue weighted by Crippen LogP contribution is -2.59. The van der Waals surface area contributed by atoms with Crippen molar-refractivity contribution in [1.29, 1.82) is 0 Å². The number of aromatic nitrogens is 6. The Labute approximate surface area is 846 Å². The highest BCUT2D eigenvalue weighted by atomic mass is 32.1. The van der Waals surface area contributed by atoms with Crippen molar-refractivity contribution in [2.75, 3.05) is 26.2 Å². The van der Waals surface area contributed by atoms with Gasteiger partial charge < -0.3 is 41.1 Å². The van der Waals surface area contributed by atoms with Crippen molar-refractivity contribution in [3.63, 3.8) is 0 Å². The van der Waals surface area contributed by atoms with Crippen LogP contribution in [-0.2, 0) is 59.5 Å². The van der Waals surface area contributed by atoms with Crippen LogP contribution >= 0.6 is 34.0 Å². The van der Waals surface area contributed by atoms with Crippen molar-refractivity contribution in [1.82, 2.24) is 55.7 Å². The van der Waals surface area contributed by atoms with Crippen LogP contribution in [0.4, 0.5) is 0 Å². The molecule has 5 amide bonds. The maximum Gasteiger partial charge on any atom is 0.326 e. The van der Waals surface area contributed by atoms with Crippen LogP contribution in [0.5, 0.6) is 0 Å². The number of amides is 5. The van der Waals surface area contributed by atoms with Crippen molar-refractivity contribution in [3.8, 4) is 34.2 Å². The molecule has 0 bridgehead atoms. The van der Waals surface area contributed by atoms with Crippen molar-refractivity contribution in [3.05, 3.63) is 221 Å². The molecule has 750 valence electrons. The fourth-order valence-corrected chi connectivity index (χ4v) is 25.1. The Balaban J connectivity index is 0.000000160. The third-order valence-corrected chi connectivity index (χ3v) is 36.1. The normalized spacial score (nSPS) is 22.6. The lowest BCUT2D eigenvalue weighted by atomic mass is 9.68.